The molecule has 0 aliphatic carbocycles. The summed E-state index contributed by atoms with van der Waals surface area (Å²) in [6.07, 6.45) is 0.173. The number of aryl methyl sites for hydroxylation is 1. The minimum Gasteiger partial charge on any atom is -0.493 e. The van der Waals surface area contributed by atoms with E-state index in [1.807, 2.05) is 24.3 Å². The lowest BCUT2D eigenvalue weighted by Gasteiger charge is -2.13. The number of sulfone groups is 1. The Hall–Kier alpha value is -3.70. The molecule has 0 bridgehead atoms. The lowest BCUT2D eigenvalue weighted by Crippen LogP contribution is -2.12. The first-order valence-corrected chi connectivity index (χ1v) is 13.0. The molecule has 4 rings (SSSR count). The zero-order valence-electron chi connectivity index (χ0n) is 19.3. The molecule has 1 heterocycles. The number of carbonyl (C=O) groups excluding carboxylic acids is 1. The van der Waals surface area contributed by atoms with Crippen molar-refractivity contribution in [2.75, 3.05) is 32.4 Å². The van der Waals surface area contributed by atoms with Gasteiger partial charge in [-0.15, -0.1) is 10.2 Å². The summed E-state index contributed by atoms with van der Waals surface area (Å²) in [4.78, 5) is 13.0. The fourth-order valence-electron chi connectivity index (χ4n) is 3.49. The number of hydrogen-bond acceptors (Lipinski definition) is 9. The van der Waals surface area contributed by atoms with Gasteiger partial charge in [0.25, 0.3) is 5.91 Å². The van der Waals surface area contributed by atoms with Crippen molar-refractivity contribution in [1.29, 1.82) is 0 Å². The number of hydrogen-bond donors (Lipinski definition) is 1. The van der Waals surface area contributed by atoms with Crippen LogP contribution in [0.4, 0.5) is 5.13 Å². The van der Waals surface area contributed by atoms with Crippen LogP contribution in [0.1, 0.15) is 15.4 Å². The molecule has 0 spiro atoms. The molecular formula is C24H23N3O6S2. The van der Waals surface area contributed by atoms with Crippen molar-refractivity contribution >= 4 is 43.0 Å². The highest BCUT2D eigenvalue weighted by Gasteiger charge is 2.20. The van der Waals surface area contributed by atoms with Gasteiger partial charge in [-0.3, -0.25) is 10.1 Å². The van der Waals surface area contributed by atoms with Gasteiger partial charge in [-0.1, -0.05) is 41.7 Å². The second-order valence-corrected chi connectivity index (χ2v) is 10.6. The van der Waals surface area contributed by atoms with E-state index in [-0.39, 0.29) is 27.8 Å². The van der Waals surface area contributed by atoms with Gasteiger partial charge in [0.15, 0.2) is 21.3 Å². The van der Waals surface area contributed by atoms with E-state index in [0.29, 0.717) is 22.3 Å². The van der Waals surface area contributed by atoms with Gasteiger partial charge in [0.1, 0.15) is 5.01 Å². The highest BCUT2D eigenvalue weighted by Crippen LogP contribution is 2.38. The average Bonchev–Trinajstić information content (AvgIpc) is 3.33. The molecule has 0 fully saturated rings. The number of amides is 1. The van der Waals surface area contributed by atoms with Crippen molar-refractivity contribution < 1.29 is 27.4 Å². The molecule has 1 amide bonds. The molecule has 3 aromatic carbocycles. The molecule has 1 aromatic heterocycles. The number of carbonyl (C=O) groups is 1. The van der Waals surface area contributed by atoms with Gasteiger partial charge >= 0.3 is 0 Å². The summed E-state index contributed by atoms with van der Waals surface area (Å²) in [6.45, 7) is 0. The zero-order chi connectivity index (χ0) is 25.0. The molecule has 11 heteroatoms. The molecule has 0 radical (unpaired) electrons. The molecule has 0 saturated heterocycles. The van der Waals surface area contributed by atoms with Gasteiger partial charge in [-0.25, -0.2) is 8.42 Å². The Morgan fingerprint density at radius 3 is 2.26 bits per heavy atom. The minimum atomic E-state index is -3.52. The molecule has 0 saturated carbocycles. The lowest BCUT2D eigenvalue weighted by molar-refractivity contribution is 0.102. The summed E-state index contributed by atoms with van der Waals surface area (Å²) in [6, 6.07) is 15.7. The average molecular weight is 514 g/mol. The Kier molecular flexibility index (Phi) is 7.17. The van der Waals surface area contributed by atoms with Gasteiger partial charge in [0, 0.05) is 12.0 Å². The lowest BCUT2D eigenvalue weighted by atomic mass is 10.1. The number of nitrogens with one attached hydrogen (secondary N) is 1. The summed E-state index contributed by atoms with van der Waals surface area (Å²) in [7, 11) is 0.879. The molecule has 182 valence electrons. The van der Waals surface area contributed by atoms with Crippen molar-refractivity contribution in [3.8, 4) is 17.2 Å². The first-order valence-electron chi connectivity index (χ1n) is 10.5. The van der Waals surface area contributed by atoms with Crippen molar-refractivity contribution in [3.05, 3.63) is 65.2 Å². The van der Waals surface area contributed by atoms with Crippen molar-refractivity contribution in [1.82, 2.24) is 10.2 Å². The molecular weight excluding hydrogens is 490 g/mol. The quantitative estimate of drug-likeness (QED) is 0.357. The largest absolute Gasteiger partial charge is 0.493 e. The minimum absolute atomic E-state index is 0.124. The Balaban J connectivity index is 1.44. The van der Waals surface area contributed by atoms with Crippen LogP contribution in [0.25, 0.3) is 10.8 Å². The molecule has 1 N–H and O–H groups in total. The van der Waals surface area contributed by atoms with Crippen molar-refractivity contribution in [2.24, 2.45) is 0 Å². The normalized spacial score (nSPS) is 11.3. The molecule has 0 unspecified atom stereocenters. The van der Waals surface area contributed by atoms with Crippen LogP contribution in [0, 0.1) is 0 Å². The van der Waals surface area contributed by atoms with E-state index in [9.17, 15) is 13.2 Å². The second kappa shape index (κ2) is 10.3. The van der Waals surface area contributed by atoms with Crippen molar-refractivity contribution in [2.45, 2.75) is 11.3 Å². The van der Waals surface area contributed by atoms with E-state index in [4.69, 9.17) is 14.2 Å². The third kappa shape index (κ3) is 5.36. The predicted octanol–water partition coefficient (Wildman–Crippen LogP) is 3.99. The zero-order valence-corrected chi connectivity index (χ0v) is 20.9. The monoisotopic (exact) mass is 513 g/mol. The number of ether oxygens (including phenoxy) is 3. The summed E-state index contributed by atoms with van der Waals surface area (Å²) in [5.41, 5.74) is 0.273. The van der Waals surface area contributed by atoms with Crippen molar-refractivity contribution in [3.63, 3.8) is 0 Å². The Labute approximate surface area is 206 Å². The van der Waals surface area contributed by atoms with Crippen LogP contribution >= 0.6 is 11.3 Å². The standard InChI is InChI=1S/C24H23N3O6S2/c1-31-19-13-17(14-20(32-2)22(19)33-3)23(28)25-24-27-26-21(34-24)10-11-35(29,30)18-9-8-15-6-4-5-7-16(15)12-18/h4-9,12-14H,10-11H2,1-3H3,(H,25,27,28). The molecule has 0 aliphatic rings. The van der Waals surface area contributed by atoms with Crippen LogP contribution in [-0.4, -0.2) is 51.6 Å². The van der Waals surface area contributed by atoms with Crippen LogP contribution in [0.3, 0.4) is 0 Å². The van der Waals surface area contributed by atoms with E-state index >= 15 is 0 Å². The summed E-state index contributed by atoms with van der Waals surface area (Å²) < 4.78 is 41.5. The number of nitrogens with zero attached hydrogens (tertiary/aromatic N) is 2. The van der Waals surface area contributed by atoms with Crippen LogP contribution in [0.5, 0.6) is 17.2 Å². The predicted molar refractivity (Wildman–Crippen MR) is 134 cm³/mol. The topological polar surface area (TPSA) is 117 Å². The van der Waals surface area contributed by atoms with Gasteiger partial charge in [0.2, 0.25) is 10.9 Å². The fraction of sp³-hybridized carbons (Fsp3) is 0.208. The maximum Gasteiger partial charge on any atom is 0.257 e. The first kappa shape index (κ1) is 24.4. The third-order valence-corrected chi connectivity index (χ3v) is 7.89. The van der Waals surface area contributed by atoms with E-state index in [1.54, 1.807) is 18.2 Å². The van der Waals surface area contributed by atoms with Crippen LogP contribution in [-0.2, 0) is 16.3 Å². The molecule has 0 atom stereocenters. The van der Waals surface area contributed by atoms with Crippen LogP contribution < -0.4 is 19.5 Å². The number of methoxy groups -OCH3 is 3. The first-order chi connectivity index (χ1) is 16.8. The second-order valence-electron chi connectivity index (χ2n) is 7.45. The molecule has 4 aromatic rings. The highest BCUT2D eigenvalue weighted by atomic mass is 32.2. The smallest absolute Gasteiger partial charge is 0.257 e. The Morgan fingerprint density at radius 2 is 1.60 bits per heavy atom. The Morgan fingerprint density at radius 1 is 0.914 bits per heavy atom. The van der Waals surface area contributed by atoms with Gasteiger partial charge in [0.05, 0.1) is 32.0 Å². The van der Waals surface area contributed by atoms with E-state index < -0.39 is 15.7 Å². The summed E-state index contributed by atoms with van der Waals surface area (Å²) in [5, 5.41) is 13.3. The molecule has 9 nitrogen and oxygen atoms in total. The number of benzene rings is 3. The number of anilines is 1. The number of rotatable bonds is 9. The van der Waals surface area contributed by atoms with E-state index in [0.717, 1.165) is 22.1 Å². The SMILES string of the molecule is COc1cc(C(=O)Nc2nnc(CCS(=O)(=O)c3ccc4ccccc4c3)s2)cc(OC)c1OC. The fourth-order valence-corrected chi connectivity index (χ4v) is 5.63. The number of fused-ring (bicyclic) bond motifs is 1. The van der Waals surface area contributed by atoms with Gasteiger partial charge in [-0.05, 0) is 35.0 Å². The molecule has 35 heavy (non-hydrogen) atoms. The van der Waals surface area contributed by atoms with Gasteiger partial charge < -0.3 is 14.2 Å². The maximum absolute atomic E-state index is 12.8. The third-order valence-electron chi connectivity index (χ3n) is 5.28. The van der Waals surface area contributed by atoms with E-state index in [1.165, 1.54) is 33.5 Å². The summed E-state index contributed by atoms with van der Waals surface area (Å²) in [5.74, 6) is 0.483. The Bertz CT molecular complexity index is 1460. The van der Waals surface area contributed by atoms with Crippen LogP contribution in [0.15, 0.2) is 59.5 Å². The number of aromatic nitrogens is 2. The maximum atomic E-state index is 12.8. The molecule has 0 aliphatic heterocycles. The van der Waals surface area contributed by atoms with Crippen LogP contribution in [0.2, 0.25) is 0 Å². The van der Waals surface area contributed by atoms with E-state index in [2.05, 4.69) is 15.5 Å². The van der Waals surface area contributed by atoms with Gasteiger partial charge in [-0.2, -0.15) is 0 Å². The summed E-state index contributed by atoms with van der Waals surface area (Å²) >= 11 is 1.12. The highest BCUT2D eigenvalue weighted by molar-refractivity contribution is 7.91.